The molecule has 5 rings (SSSR count). The number of rotatable bonds is 16. The lowest BCUT2D eigenvalue weighted by atomic mass is 9.78. The summed E-state index contributed by atoms with van der Waals surface area (Å²) in [6, 6.07) is 14.8. The topological polar surface area (TPSA) is 186 Å². The van der Waals surface area contributed by atoms with Gasteiger partial charge in [0.1, 0.15) is 60.1 Å². The molecule has 470 valence electrons. The number of hydrogen-bond acceptors (Lipinski definition) is 13. The molecule has 4 N–H and O–H groups in total. The van der Waals surface area contributed by atoms with Gasteiger partial charge in [-0.25, -0.2) is 14.4 Å². The molecule has 0 aliphatic carbocycles. The fourth-order valence-electron chi connectivity index (χ4n) is 10.1. The third-order valence-corrected chi connectivity index (χ3v) is 16.6. The van der Waals surface area contributed by atoms with Crippen LogP contribution >= 0.6 is 11.8 Å². The van der Waals surface area contributed by atoms with Gasteiger partial charge in [0.05, 0.1) is 5.25 Å². The maximum absolute atomic E-state index is 14.4. The van der Waals surface area contributed by atoms with Gasteiger partial charge >= 0.3 is 23.9 Å². The van der Waals surface area contributed by atoms with Gasteiger partial charge < -0.3 is 39.4 Å². The highest BCUT2D eigenvalue weighted by molar-refractivity contribution is 8.08. The van der Waals surface area contributed by atoms with Crippen molar-refractivity contribution in [1.82, 2.24) is 0 Å². The predicted octanol–water partition coefficient (Wildman–Crippen LogP) is 16.3. The van der Waals surface area contributed by atoms with E-state index in [1.54, 1.807) is 18.2 Å². The second kappa shape index (κ2) is 25.3. The van der Waals surface area contributed by atoms with Crippen molar-refractivity contribution in [3.8, 4) is 23.0 Å². The Bertz CT molecular complexity index is 2880. The van der Waals surface area contributed by atoms with Crippen molar-refractivity contribution < 1.29 is 58.6 Å². The third-order valence-electron chi connectivity index (χ3n) is 15.4. The average Bonchev–Trinajstić information content (AvgIpc) is 1.79. The van der Waals surface area contributed by atoms with Crippen LogP contribution in [0, 0.1) is 5.41 Å². The number of carbonyl (C=O) groups is 4. The third kappa shape index (κ3) is 18.1. The highest BCUT2D eigenvalue weighted by Crippen LogP contribution is 2.57. The van der Waals surface area contributed by atoms with E-state index in [2.05, 4.69) is 0 Å². The van der Waals surface area contributed by atoms with Gasteiger partial charge in [-0.15, -0.1) is 11.8 Å². The standard InChI is InChI=1S/C73H100O12S/c1-65(2,3)47-31-43(32-48(58(47)77)66(4,5)6)25-28-55(74)82-39-73(40-83-56(75)29-26-44-33-49(67(7,8)9)59(78)50(34-44)68(10,11)12,41-84-57(76)30-27-45-35-51(69(13,14)15)60(79)52(36-45)70(16,17)18)42-85-64(81)63-62(86-63)46-37-53(71(19,20)21)61(80)54(38-46)72(22,23)24/h25-38,62-63,77-80H,39-42H2,1-24H3. The van der Waals surface area contributed by atoms with Crippen LogP contribution < -0.4 is 0 Å². The summed E-state index contributed by atoms with van der Waals surface area (Å²) in [4.78, 5) is 56.5. The first kappa shape index (κ1) is 70.3. The Morgan fingerprint density at radius 3 is 0.791 bits per heavy atom. The van der Waals surface area contributed by atoms with Crippen LogP contribution in [0.3, 0.4) is 0 Å². The molecule has 0 aromatic heterocycles. The summed E-state index contributed by atoms with van der Waals surface area (Å²) in [6.45, 7) is 45.8. The van der Waals surface area contributed by atoms with E-state index in [9.17, 15) is 39.6 Å². The van der Waals surface area contributed by atoms with E-state index in [1.165, 1.54) is 30.0 Å². The van der Waals surface area contributed by atoms with Crippen LogP contribution in [0.5, 0.6) is 23.0 Å². The molecular weight excluding hydrogens is 1100 g/mol. The van der Waals surface area contributed by atoms with Crippen molar-refractivity contribution >= 4 is 53.9 Å². The molecule has 0 radical (unpaired) electrons. The zero-order valence-corrected chi connectivity index (χ0v) is 56.8. The van der Waals surface area contributed by atoms with Crippen LogP contribution in [-0.2, 0) is 81.4 Å². The second-order valence-corrected chi connectivity index (χ2v) is 33.1. The number of hydrogen-bond donors (Lipinski definition) is 4. The number of aromatic hydroxyl groups is 4. The van der Waals surface area contributed by atoms with Crippen LogP contribution in [0.2, 0.25) is 0 Å². The molecule has 1 saturated heterocycles. The van der Waals surface area contributed by atoms with E-state index in [0.29, 0.717) is 50.1 Å². The lowest BCUT2D eigenvalue weighted by molar-refractivity contribution is -0.165. The van der Waals surface area contributed by atoms with Gasteiger partial charge in [0, 0.05) is 51.6 Å². The molecular formula is C73H100O12S. The minimum Gasteiger partial charge on any atom is -0.507 e. The van der Waals surface area contributed by atoms with Gasteiger partial charge in [0.15, 0.2) is 0 Å². The van der Waals surface area contributed by atoms with Gasteiger partial charge in [-0.05, 0) is 131 Å². The Balaban J connectivity index is 1.59. The fraction of sp³-hybridized carbons (Fsp3) is 0.534. The zero-order valence-electron chi connectivity index (χ0n) is 56.0. The number of ether oxygens (including phenoxy) is 4. The first-order valence-electron chi connectivity index (χ1n) is 29.8. The van der Waals surface area contributed by atoms with Crippen LogP contribution in [0.4, 0.5) is 0 Å². The van der Waals surface area contributed by atoms with Crippen molar-refractivity contribution in [1.29, 1.82) is 0 Å². The van der Waals surface area contributed by atoms with Gasteiger partial charge in [-0.2, -0.15) is 0 Å². The van der Waals surface area contributed by atoms with E-state index in [-0.39, 0.29) is 28.2 Å². The summed E-state index contributed by atoms with van der Waals surface area (Å²) >= 11 is 1.39. The van der Waals surface area contributed by atoms with Crippen LogP contribution in [-0.4, -0.2) is 76.0 Å². The molecule has 1 fully saturated rings. The van der Waals surface area contributed by atoms with E-state index in [0.717, 1.165) is 16.7 Å². The number of carbonyl (C=O) groups excluding carboxylic acids is 4. The minimum atomic E-state index is -1.69. The molecule has 1 heterocycles. The first-order valence-corrected chi connectivity index (χ1v) is 30.8. The Hall–Kier alpha value is -6.47. The quantitative estimate of drug-likeness (QED) is 0.0360. The smallest absolute Gasteiger partial charge is 0.330 e. The summed E-state index contributed by atoms with van der Waals surface area (Å²) in [6.07, 6.45) is 8.51. The lowest BCUT2D eigenvalue weighted by Gasteiger charge is -2.31. The Kier molecular flexibility index (Phi) is 20.7. The lowest BCUT2D eigenvalue weighted by Crippen LogP contribution is -2.44. The highest BCUT2D eigenvalue weighted by Gasteiger charge is 2.49. The number of thioether (sulfide) groups is 1. The normalized spacial score (nSPS) is 16.4. The molecule has 4 aromatic rings. The Morgan fingerprint density at radius 1 is 0.360 bits per heavy atom. The summed E-state index contributed by atoms with van der Waals surface area (Å²) in [5.41, 5.74) is 3.27. The zero-order chi connectivity index (χ0) is 65.5. The molecule has 86 heavy (non-hydrogen) atoms. The van der Waals surface area contributed by atoms with Crippen molar-refractivity contribution in [2.24, 2.45) is 5.41 Å². The van der Waals surface area contributed by atoms with Gasteiger partial charge in [0.2, 0.25) is 0 Å². The van der Waals surface area contributed by atoms with E-state index in [1.807, 2.05) is 215 Å². The van der Waals surface area contributed by atoms with Gasteiger partial charge in [-0.3, -0.25) is 4.79 Å². The molecule has 0 saturated carbocycles. The minimum absolute atomic E-state index is 0.181. The highest BCUT2D eigenvalue weighted by atomic mass is 32.2. The maximum atomic E-state index is 14.4. The van der Waals surface area contributed by atoms with Crippen LogP contribution in [0.1, 0.15) is 238 Å². The molecule has 0 spiro atoms. The maximum Gasteiger partial charge on any atom is 0.330 e. The summed E-state index contributed by atoms with van der Waals surface area (Å²) < 4.78 is 24.2. The number of phenols is 4. The SMILES string of the molecule is CC(C)(C)c1cc(C=CC(=O)OCC(COC(=O)C=Cc2cc(C(C)(C)C)c(O)c(C(C)(C)C)c2)(COC(=O)C=Cc2cc(C(C)(C)C)c(O)c(C(C)(C)C)c2)COC(=O)C2SC2c2cc(C(C)(C)C)c(O)c(C(C)(C)C)c2)cc(C(C)(C)C)c1O. The molecule has 2 atom stereocenters. The van der Waals surface area contributed by atoms with E-state index in [4.69, 9.17) is 18.9 Å². The van der Waals surface area contributed by atoms with Crippen molar-refractivity contribution in [2.75, 3.05) is 26.4 Å². The fourth-order valence-corrected chi connectivity index (χ4v) is 11.0. The largest absolute Gasteiger partial charge is 0.507 e. The Labute approximate surface area is 518 Å². The second-order valence-electron chi connectivity index (χ2n) is 31.8. The van der Waals surface area contributed by atoms with Crippen molar-refractivity contribution in [2.45, 2.75) is 220 Å². The summed E-state index contributed by atoms with van der Waals surface area (Å²) in [5.74, 6) is -2.24. The molecule has 4 aromatic carbocycles. The molecule has 0 bridgehead atoms. The van der Waals surface area contributed by atoms with Gasteiger partial charge in [-0.1, -0.05) is 178 Å². The summed E-state index contributed by atoms with van der Waals surface area (Å²) in [5, 5.41) is 44.7. The predicted molar refractivity (Wildman–Crippen MR) is 350 cm³/mol. The Morgan fingerprint density at radius 2 is 0.570 bits per heavy atom. The average molecular weight is 1200 g/mol. The molecule has 1 aliphatic rings. The monoisotopic (exact) mass is 1200 g/mol. The van der Waals surface area contributed by atoms with Crippen molar-refractivity contribution in [3.63, 3.8) is 0 Å². The summed E-state index contributed by atoms with van der Waals surface area (Å²) in [7, 11) is 0. The molecule has 12 nitrogen and oxygen atoms in total. The van der Waals surface area contributed by atoms with E-state index < -0.39 is 104 Å². The molecule has 0 amide bonds. The number of phenolic OH excluding ortho intramolecular Hbond substituents is 4. The number of benzene rings is 4. The van der Waals surface area contributed by atoms with Crippen LogP contribution in [0.25, 0.3) is 18.2 Å². The molecule has 1 aliphatic heterocycles. The van der Waals surface area contributed by atoms with Crippen molar-refractivity contribution in [3.05, 3.63) is 134 Å². The first-order chi connectivity index (χ1) is 38.9. The van der Waals surface area contributed by atoms with Gasteiger partial charge in [0.25, 0.3) is 0 Å². The molecule has 13 heteroatoms. The molecule has 2 unspecified atom stereocenters. The number of esters is 4. The van der Waals surface area contributed by atoms with Crippen LogP contribution in [0.15, 0.2) is 66.8 Å². The van der Waals surface area contributed by atoms with E-state index >= 15 is 0 Å².